The lowest BCUT2D eigenvalue weighted by atomic mass is 10.3. The van der Waals surface area contributed by atoms with Gasteiger partial charge in [0, 0.05) is 24.2 Å². The fourth-order valence-corrected chi connectivity index (χ4v) is 3.59. The van der Waals surface area contributed by atoms with Crippen LogP contribution in [0.4, 0.5) is 5.69 Å². The molecule has 1 aromatic carbocycles. The zero-order valence-electron chi connectivity index (χ0n) is 13.8. The van der Waals surface area contributed by atoms with Crippen molar-refractivity contribution in [1.82, 2.24) is 4.67 Å². The highest BCUT2D eigenvalue weighted by Crippen LogP contribution is 2.46. The van der Waals surface area contributed by atoms with E-state index in [2.05, 4.69) is 4.67 Å². The van der Waals surface area contributed by atoms with E-state index in [0.29, 0.717) is 5.75 Å². The topological polar surface area (TPSA) is 88.6 Å². The van der Waals surface area contributed by atoms with Gasteiger partial charge in [0.05, 0.1) is 24.0 Å². The Kier molecular flexibility index (Phi) is 7.90. The van der Waals surface area contributed by atoms with Gasteiger partial charge in [-0.1, -0.05) is 0 Å². The maximum absolute atomic E-state index is 10.7. The van der Waals surface area contributed by atoms with Gasteiger partial charge < -0.3 is 9.05 Å². The van der Waals surface area contributed by atoms with Gasteiger partial charge in [-0.25, -0.2) is 4.67 Å². The molecule has 8 heteroatoms. The van der Waals surface area contributed by atoms with Crippen molar-refractivity contribution in [3.8, 4) is 11.8 Å². The summed E-state index contributed by atoms with van der Waals surface area (Å²) >= 11 is 0. The molecule has 0 fully saturated rings. The third kappa shape index (κ3) is 6.11. The largest absolute Gasteiger partial charge is 0.436 e. The van der Waals surface area contributed by atoms with Crippen molar-refractivity contribution < 1.29 is 14.0 Å². The summed E-state index contributed by atoms with van der Waals surface area (Å²) in [6.45, 7) is 8.46. The zero-order chi connectivity index (χ0) is 17.4. The van der Waals surface area contributed by atoms with Gasteiger partial charge in [-0.05, 0) is 39.8 Å². The van der Waals surface area contributed by atoms with Gasteiger partial charge in [-0.2, -0.15) is 5.26 Å². The van der Waals surface area contributed by atoms with Crippen LogP contribution in [0, 0.1) is 21.4 Å². The van der Waals surface area contributed by atoms with Crippen LogP contribution in [0.5, 0.6) is 5.75 Å². The highest BCUT2D eigenvalue weighted by Gasteiger charge is 2.28. The summed E-state index contributed by atoms with van der Waals surface area (Å²) in [4.78, 5) is 10.2. The molecule has 1 aromatic rings. The summed E-state index contributed by atoms with van der Waals surface area (Å²) in [5, 5.41) is 19.4. The first-order chi connectivity index (χ1) is 10.9. The molecule has 1 rings (SSSR count). The van der Waals surface area contributed by atoms with Crippen LogP contribution < -0.4 is 4.52 Å². The number of benzene rings is 1. The minimum absolute atomic E-state index is 0.0108. The van der Waals surface area contributed by atoms with Gasteiger partial charge in [-0.15, -0.1) is 0 Å². The maximum atomic E-state index is 10.7. The minimum atomic E-state index is -1.40. The molecule has 0 saturated heterocycles. The van der Waals surface area contributed by atoms with Crippen molar-refractivity contribution in [1.29, 1.82) is 5.26 Å². The molecule has 1 atom stereocenters. The van der Waals surface area contributed by atoms with Crippen LogP contribution in [0.15, 0.2) is 24.3 Å². The Morgan fingerprint density at radius 1 is 1.26 bits per heavy atom. The molecule has 126 valence electrons. The van der Waals surface area contributed by atoms with Gasteiger partial charge in [0.1, 0.15) is 5.75 Å². The van der Waals surface area contributed by atoms with Gasteiger partial charge in [-0.3, -0.25) is 10.1 Å². The first-order valence-electron chi connectivity index (χ1n) is 7.37. The number of non-ortho nitro benzene ring substituents is 1. The van der Waals surface area contributed by atoms with Crippen LogP contribution in [-0.4, -0.2) is 28.3 Å². The minimum Gasteiger partial charge on any atom is -0.436 e. The predicted molar refractivity (Wildman–Crippen MR) is 88.9 cm³/mol. The van der Waals surface area contributed by atoms with E-state index in [0.717, 1.165) is 0 Å². The lowest BCUT2D eigenvalue weighted by Crippen LogP contribution is -2.34. The van der Waals surface area contributed by atoms with Gasteiger partial charge in [0.2, 0.25) is 0 Å². The lowest BCUT2D eigenvalue weighted by Gasteiger charge is -2.35. The normalized spacial score (nSPS) is 12.4. The molecule has 0 amide bonds. The number of nitriles is 1. The summed E-state index contributed by atoms with van der Waals surface area (Å²) in [6, 6.07) is 8.33. The van der Waals surface area contributed by atoms with Crippen LogP contribution in [0.3, 0.4) is 0 Å². The molecule has 7 nitrogen and oxygen atoms in total. The Morgan fingerprint density at radius 3 is 2.26 bits per heavy atom. The molecule has 0 aliphatic heterocycles. The standard InChI is InChI=1S/C15H22N3O4P/c1-12(2)17(13(3)4)23(21-11-5-10-16)22-15-8-6-14(7-9-15)18(19)20/h6-9,12-13H,5,11H2,1-4H3. The average molecular weight is 339 g/mol. The molecule has 0 aromatic heterocycles. The third-order valence-electron chi connectivity index (χ3n) is 2.89. The third-order valence-corrected chi connectivity index (χ3v) is 4.96. The van der Waals surface area contributed by atoms with Crippen molar-refractivity contribution in [3.05, 3.63) is 34.4 Å². The Morgan fingerprint density at radius 2 is 1.83 bits per heavy atom. The number of hydrogen-bond acceptors (Lipinski definition) is 6. The van der Waals surface area contributed by atoms with E-state index in [1.165, 1.54) is 12.1 Å². The van der Waals surface area contributed by atoms with E-state index in [-0.39, 0.29) is 30.8 Å². The fraction of sp³-hybridized carbons (Fsp3) is 0.533. The summed E-state index contributed by atoms with van der Waals surface area (Å²) in [7, 11) is -1.40. The van der Waals surface area contributed by atoms with Crippen LogP contribution in [-0.2, 0) is 4.52 Å². The monoisotopic (exact) mass is 339 g/mol. The van der Waals surface area contributed by atoms with E-state index in [9.17, 15) is 10.1 Å². The van der Waals surface area contributed by atoms with E-state index in [1.807, 2.05) is 33.8 Å². The number of nitro groups is 1. The van der Waals surface area contributed by atoms with Crippen molar-refractivity contribution in [2.75, 3.05) is 6.61 Å². The van der Waals surface area contributed by atoms with Crippen molar-refractivity contribution in [2.45, 2.75) is 46.2 Å². The van der Waals surface area contributed by atoms with Gasteiger partial charge in [0.15, 0.2) is 0 Å². The second-order valence-electron chi connectivity index (χ2n) is 5.39. The SMILES string of the molecule is CC(C)N(C(C)C)P(OCCC#N)Oc1ccc([N+](=O)[O-])cc1. The summed E-state index contributed by atoms with van der Waals surface area (Å²) in [5.41, 5.74) is 0.0108. The van der Waals surface area contributed by atoms with Crippen molar-refractivity contribution >= 4 is 14.2 Å². The van der Waals surface area contributed by atoms with Crippen LogP contribution >= 0.6 is 8.53 Å². The zero-order valence-corrected chi connectivity index (χ0v) is 14.7. The second kappa shape index (κ2) is 9.41. The van der Waals surface area contributed by atoms with E-state index < -0.39 is 13.4 Å². The Labute approximate surface area is 137 Å². The molecule has 0 saturated carbocycles. The average Bonchev–Trinajstić information content (AvgIpc) is 2.47. The lowest BCUT2D eigenvalue weighted by molar-refractivity contribution is -0.384. The molecule has 0 spiro atoms. The van der Waals surface area contributed by atoms with E-state index in [4.69, 9.17) is 14.3 Å². The molecule has 0 bridgehead atoms. The molecule has 0 aliphatic carbocycles. The number of nitrogens with zero attached hydrogens (tertiary/aromatic N) is 3. The maximum Gasteiger partial charge on any atom is 0.321 e. The quantitative estimate of drug-likeness (QED) is 0.289. The van der Waals surface area contributed by atoms with Crippen molar-refractivity contribution in [2.24, 2.45) is 0 Å². The summed E-state index contributed by atoms with van der Waals surface area (Å²) in [5.74, 6) is 0.505. The van der Waals surface area contributed by atoms with Crippen LogP contribution in [0.25, 0.3) is 0 Å². The van der Waals surface area contributed by atoms with Crippen molar-refractivity contribution in [3.63, 3.8) is 0 Å². The molecule has 0 heterocycles. The molecule has 0 aliphatic rings. The number of hydrogen-bond donors (Lipinski definition) is 0. The molecular weight excluding hydrogens is 317 g/mol. The van der Waals surface area contributed by atoms with E-state index >= 15 is 0 Å². The summed E-state index contributed by atoms with van der Waals surface area (Å²) < 4.78 is 13.8. The number of rotatable bonds is 9. The Hall–Kier alpha value is -1.74. The number of nitro benzene ring substituents is 1. The smallest absolute Gasteiger partial charge is 0.321 e. The summed E-state index contributed by atoms with van der Waals surface area (Å²) in [6.07, 6.45) is 0.284. The van der Waals surface area contributed by atoms with Gasteiger partial charge in [0.25, 0.3) is 5.69 Å². The fourth-order valence-electron chi connectivity index (χ4n) is 2.00. The first-order valence-corrected chi connectivity index (χ1v) is 8.50. The Balaban J connectivity index is 2.90. The highest BCUT2D eigenvalue weighted by atomic mass is 31.2. The van der Waals surface area contributed by atoms with Gasteiger partial charge >= 0.3 is 8.53 Å². The molecule has 0 N–H and O–H groups in total. The predicted octanol–water partition coefficient (Wildman–Crippen LogP) is 4.25. The first kappa shape index (κ1) is 19.3. The highest BCUT2D eigenvalue weighted by molar-refractivity contribution is 7.45. The molecule has 23 heavy (non-hydrogen) atoms. The van der Waals surface area contributed by atoms with E-state index in [1.54, 1.807) is 12.1 Å². The second-order valence-corrected chi connectivity index (χ2v) is 6.77. The Bertz CT molecular complexity index is 535. The molecular formula is C15H22N3O4P. The van der Waals surface area contributed by atoms with Crippen LogP contribution in [0.1, 0.15) is 34.1 Å². The molecule has 1 unspecified atom stereocenters. The van der Waals surface area contributed by atoms with Crippen LogP contribution in [0.2, 0.25) is 0 Å². The molecule has 0 radical (unpaired) electrons.